The topological polar surface area (TPSA) is 15.3 Å². The Kier molecular flexibility index (Phi) is 7.16. The van der Waals surface area contributed by atoms with Crippen LogP contribution in [-0.4, -0.2) is 37.5 Å². The first kappa shape index (κ1) is 20.1. The summed E-state index contributed by atoms with van der Waals surface area (Å²) in [7, 11) is 0. The normalized spacial score (nSPS) is 17.9. The van der Waals surface area contributed by atoms with Crippen LogP contribution in [0.2, 0.25) is 0 Å². The minimum atomic E-state index is -4.64. The van der Waals surface area contributed by atoms with E-state index < -0.39 is 36.4 Å². The number of halogens is 7. The zero-order valence-electron chi connectivity index (χ0n) is 12.0. The van der Waals surface area contributed by atoms with Gasteiger partial charge in [-0.3, -0.25) is 4.90 Å². The standard InChI is InChI=1S/C14H16F6N2.ClH/c15-11-2-1-9(14(18,19)20)7-10(11)12(8-13(16)17)22-5-3-21-4-6-22;/h1-2,7,12-13,21H,3-6,8H2;1H/t12-;/m1./s1. The predicted molar refractivity (Wildman–Crippen MR) is 76.5 cm³/mol. The van der Waals surface area contributed by atoms with Crippen molar-refractivity contribution in [3.63, 3.8) is 0 Å². The highest BCUT2D eigenvalue weighted by Gasteiger charge is 2.34. The van der Waals surface area contributed by atoms with Gasteiger partial charge in [0.25, 0.3) is 0 Å². The van der Waals surface area contributed by atoms with Crippen molar-refractivity contribution in [2.75, 3.05) is 26.2 Å². The fraction of sp³-hybridized carbons (Fsp3) is 0.571. The van der Waals surface area contributed by atoms with Gasteiger partial charge in [0.05, 0.1) is 5.56 Å². The summed E-state index contributed by atoms with van der Waals surface area (Å²) in [5, 5.41) is 3.02. The SMILES string of the molecule is Cl.Fc1ccc(C(F)(F)F)cc1[C@@H](CC(F)F)N1CCNCC1. The molecule has 0 aliphatic carbocycles. The first-order valence-corrected chi connectivity index (χ1v) is 6.88. The average molecular weight is 363 g/mol. The molecule has 0 unspecified atom stereocenters. The second-order valence-electron chi connectivity index (χ2n) is 5.16. The second-order valence-corrected chi connectivity index (χ2v) is 5.16. The quantitative estimate of drug-likeness (QED) is 0.818. The van der Waals surface area contributed by atoms with Gasteiger partial charge in [0.15, 0.2) is 0 Å². The number of nitrogens with one attached hydrogen (secondary N) is 1. The van der Waals surface area contributed by atoms with Crippen LogP contribution in [0.25, 0.3) is 0 Å². The van der Waals surface area contributed by atoms with E-state index in [4.69, 9.17) is 0 Å². The van der Waals surface area contributed by atoms with E-state index >= 15 is 0 Å². The van der Waals surface area contributed by atoms with Gasteiger partial charge in [0, 0.05) is 44.2 Å². The van der Waals surface area contributed by atoms with E-state index in [9.17, 15) is 26.3 Å². The Labute approximate surface area is 136 Å². The monoisotopic (exact) mass is 362 g/mol. The van der Waals surface area contributed by atoms with Crippen LogP contribution >= 0.6 is 12.4 Å². The van der Waals surface area contributed by atoms with E-state index in [1.165, 1.54) is 0 Å². The second kappa shape index (κ2) is 8.21. The van der Waals surface area contributed by atoms with Gasteiger partial charge in [-0.15, -0.1) is 12.4 Å². The van der Waals surface area contributed by atoms with E-state index in [-0.39, 0.29) is 18.0 Å². The summed E-state index contributed by atoms with van der Waals surface area (Å²) < 4.78 is 77.9. The molecule has 0 spiro atoms. The zero-order chi connectivity index (χ0) is 16.3. The Hall–Kier alpha value is -0.990. The summed E-state index contributed by atoms with van der Waals surface area (Å²) in [6.07, 6.45) is -8.06. The highest BCUT2D eigenvalue weighted by Crippen LogP contribution is 2.35. The Morgan fingerprint density at radius 1 is 1.13 bits per heavy atom. The van der Waals surface area contributed by atoms with Crippen molar-refractivity contribution >= 4 is 12.4 Å². The van der Waals surface area contributed by atoms with Crippen LogP contribution in [0, 0.1) is 5.82 Å². The first-order valence-electron chi connectivity index (χ1n) is 6.88. The molecular formula is C14H17ClF6N2. The Bertz CT molecular complexity index is 503. The largest absolute Gasteiger partial charge is 0.416 e. The molecule has 1 heterocycles. The smallest absolute Gasteiger partial charge is 0.314 e. The molecule has 1 fully saturated rings. The molecule has 23 heavy (non-hydrogen) atoms. The summed E-state index contributed by atoms with van der Waals surface area (Å²) in [6.45, 7) is 1.82. The summed E-state index contributed by atoms with van der Waals surface area (Å²) in [5.74, 6) is -0.891. The number of nitrogens with zero attached hydrogens (tertiary/aromatic N) is 1. The fourth-order valence-corrected chi connectivity index (χ4v) is 2.61. The minimum Gasteiger partial charge on any atom is -0.314 e. The first-order chi connectivity index (χ1) is 10.3. The van der Waals surface area contributed by atoms with Crippen molar-refractivity contribution in [3.8, 4) is 0 Å². The van der Waals surface area contributed by atoms with Gasteiger partial charge in [-0.05, 0) is 18.2 Å². The molecule has 1 aliphatic rings. The van der Waals surface area contributed by atoms with Crippen molar-refractivity contribution < 1.29 is 26.3 Å². The number of hydrogen-bond donors (Lipinski definition) is 1. The van der Waals surface area contributed by atoms with Crippen LogP contribution in [0.3, 0.4) is 0 Å². The van der Waals surface area contributed by atoms with Crippen LogP contribution in [0.1, 0.15) is 23.6 Å². The molecule has 0 amide bonds. The summed E-state index contributed by atoms with van der Waals surface area (Å²) >= 11 is 0. The molecule has 1 atom stereocenters. The third-order valence-corrected chi connectivity index (χ3v) is 3.68. The number of piperazine rings is 1. The highest BCUT2D eigenvalue weighted by atomic mass is 35.5. The van der Waals surface area contributed by atoms with E-state index in [0.717, 1.165) is 0 Å². The van der Waals surface area contributed by atoms with Crippen LogP contribution in [0.4, 0.5) is 26.3 Å². The lowest BCUT2D eigenvalue weighted by Gasteiger charge is -2.35. The number of alkyl halides is 5. The Morgan fingerprint density at radius 2 is 1.74 bits per heavy atom. The van der Waals surface area contributed by atoms with Gasteiger partial charge in [-0.2, -0.15) is 13.2 Å². The molecule has 0 saturated carbocycles. The summed E-state index contributed by atoms with van der Waals surface area (Å²) in [5.41, 5.74) is -1.35. The lowest BCUT2D eigenvalue weighted by Crippen LogP contribution is -2.45. The van der Waals surface area contributed by atoms with E-state index in [2.05, 4.69) is 5.32 Å². The van der Waals surface area contributed by atoms with E-state index in [1.54, 1.807) is 4.90 Å². The Balaban J connectivity index is 0.00000264. The molecule has 9 heteroatoms. The van der Waals surface area contributed by atoms with Gasteiger partial charge in [0.2, 0.25) is 6.43 Å². The predicted octanol–water partition coefficient (Wildman–Crippen LogP) is 3.87. The Morgan fingerprint density at radius 3 is 2.26 bits per heavy atom. The number of hydrogen-bond acceptors (Lipinski definition) is 2. The highest BCUT2D eigenvalue weighted by molar-refractivity contribution is 5.85. The molecule has 1 N–H and O–H groups in total. The van der Waals surface area contributed by atoms with Crippen LogP contribution in [0.15, 0.2) is 18.2 Å². The summed E-state index contributed by atoms with van der Waals surface area (Å²) in [4.78, 5) is 1.60. The number of rotatable bonds is 4. The lowest BCUT2D eigenvalue weighted by molar-refractivity contribution is -0.137. The number of benzene rings is 1. The van der Waals surface area contributed by atoms with Crippen molar-refractivity contribution in [2.24, 2.45) is 0 Å². The van der Waals surface area contributed by atoms with Gasteiger partial charge >= 0.3 is 6.18 Å². The summed E-state index contributed by atoms with van der Waals surface area (Å²) in [6, 6.07) is 0.892. The maximum atomic E-state index is 14.0. The van der Waals surface area contributed by atoms with Crippen LogP contribution in [0.5, 0.6) is 0 Å². The molecule has 1 aromatic carbocycles. The van der Waals surface area contributed by atoms with E-state index in [1.807, 2.05) is 0 Å². The van der Waals surface area contributed by atoms with Gasteiger partial charge in [-0.1, -0.05) is 0 Å². The molecular weight excluding hydrogens is 346 g/mol. The average Bonchev–Trinajstić information content (AvgIpc) is 2.45. The molecule has 1 saturated heterocycles. The molecule has 132 valence electrons. The molecule has 1 aromatic rings. The van der Waals surface area contributed by atoms with Gasteiger partial charge in [-0.25, -0.2) is 13.2 Å². The maximum absolute atomic E-state index is 14.0. The fourth-order valence-electron chi connectivity index (χ4n) is 2.61. The van der Waals surface area contributed by atoms with Gasteiger partial charge < -0.3 is 5.32 Å². The van der Waals surface area contributed by atoms with Crippen molar-refractivity contribution in [3.05, 3.63) is 35.1 Å². The van der Waals surface area contributed by atoms with Crippen molar-refractivity contribution in [1.29, 1.82) is 0 Å². The zero-order valence-corrected chi connectivity index (χ0v) is 12.9. The molecule has 0 bridgehead atoms. The molecule has 2 nitrogen and oxygen atoms in total. The van der Waals surface area contributed by atoms with Gasteiger partial charge in [0.1, 0.15) is 5.82 Å². The molecule has 0 aromatic heterocycles. The van der Waals surface area contributed by atoms with Crippen molar-refractivity contribution in [1.82, 2.24) is 10.2 Å². The minimum absolute atomic E-state index is 0. The maximum Gasteiger partial charge on any atom is 0.416 e. The lowest BCUT2D eigenvalue weighted by atomic mass is 9.98. The molecule has 2 rings (SSSR count). The third-order valence-electron chi connectivity index (χ3n) is 3.68. The van der Waals surface area contributed by atoms with Crippen molar-refractivity contribution in [2.45, 2.75) is 25.1 Å². The molecule has 1 aliphatic heterocycles. The molecule has 0 radical (unpaired) electrons. The van der Waals surface area contributed by atoms with Crippen LogP contribution < -0.4 is 5.32 Å². The van der Waals surface area contributed by atoms with E-state index in [0.29, 0.717) is 44.4 Å². The van der Waals surface area contributed by atoms with Crippen LogP contribution in [-0.2, 0) is 6.18 Å². The third kappa shape index (κ3) is 5.26.